The molecule has 2 unspecified atom stereocenters. The summed E-state index contributed by atoms with van der Waals surface area (Å²) in [7, 11) is 7.10. The number of pyridine rings is 2. The van der Waals surface area contributed by atoms with E-state index in [1.165, 1.54) is 4.90 Å². The summed E-state index contributed by atoms with van der Waals surface area (Å²) in [5, 5.41) is 12.8. The van der Waals surface area contributed by atoms with Crippen molar-refractivity contribution in [3.05, 3.63) is 149 Å². The summed E-state index contributed by atoms with van der Waals surface area (Å²) in [5.74, 6) is -0.766. The zero-order valence-electron chi connectivity index (χ0n) is 66.5. The van der Waals surface area contributed by atoms with E-state index >= 15 is 0 Å². The average molecular weight is 1580 g/mol. The van der Waals surface area contributed by atoms with Crippen LogP contribution in [-0.2, 0) is 41.5 Å². The molecule has 31 heteroatoms. The third-order valence-corrected chi connectivity index (χ3v) is 23.6. The fraction of sp³-hybridized carbons (Fsp3) is 0.471. The second kappa shape index (κ2) is 35.8. The number of rotatable bonds is 28. The van der Waals surface area contributed by atoms with E-state index in [4.69, 9.17) is 19.4 Å². The lowest BCUT2D eigenvalue weighted by molar-refractivity contribution is -0.137. The lowest BCUT2D eigenvalue weighted by Gasteiger charge is -2.36. The van der Waals surface area contributed by atoms with Crippen LogP contribution in [0.25, 0.3) is 27.8 Å². The first-order valence-corrected chi connectivity index (χ1v) is 40.9. The highest BCUT2D eigenvalue weighted by Crippen LogP contribution is 2.40. The van der Waals surface area contributed by atoms with Gasteiger partial charge in [0.15, 0.2) is 0 Å². The number of unbranched alkanes of at least 4 members (excludes halogenated alkanes) is 2. The molecular weight excluding hydrogens is 1480 g/mol. The van der Waals surface area contributed by atoms with Gasteiger partial charge in [0, 0.05) is 153 Å². The van der Waals surface area contributed by atoms with Gasteiger partial charge < -0.3 is 48.8 Å². The van der Waals surface area contributed by atoms with Crippen molar-refractivity contribution < 1.29 is 52.6 Å². The summed E-state index contributed by atoms with van der Waals surface area (Å²) in [4.78, 5) is 158. The number of hydrogen-bond donors (Lipinski definition) is 4. The Morgan fingerprint density at radius 1 is 0.491 bits per heavy atom. The summed E-state index contributed by atoms with van der Waals surface area (Å²) in [6.45, 7) is 15.4. The van der Waals surface area contributed by atoms with Gasteiger partial charge in [0.1, 0.15) is 46.4 Å². The van der Waals surface area contributed by atoms with E-state index < -0.39 is 35.7 Å². The maximum absolute atomic E-state index is 13.5. The van der Waals surface area contributed by atoms with Gasteiger partial charge in [0.05, 0.1) is 60.3 Å². The van der Waals surface area contributed by atoms with Crippen LogP contribution in [0.1, 0.15) is 184 Å². The molecule has 608 valence electrons. The van der Waals surface area contributed by atoms with Crippen molar-refractivity contribution >= 4 is 116 Å². The number of imide groups is 3. The first-order chi connectivity index (χ1) is 56.3. The second-order valence-electron chi connectivity index (χ2n) is 31.6. The van der Waals surface area contributed by atoms with Crippen LogP contribution < -0.4 is 31.1 Å². The molecule has 0 radical (unpaired) electrons. The molecule has 0 bridgehead atoms. The number of amides is 9. The number of ether oxygens (including phenoxy) is 2. The number of hydrogen-bond acceptors (Lipinski definition) is 23. The van der Waals surface area contributed by atoms with Gasteiger partial charge in [-0.2, -0.15) is 9.97 Å². The highest BCUT2D eigenvalue weighted by atomic mass is 16.5. The quantitative estimate of drug-likeness (QED) is 0.0263. The van der Waals surface area contributed by atoms with Crippen molar-refractivity contribution in [3.63, 3.8) is 0 Å². The Morgan fingerprint density at radius 3 is 1.45 bits per heavy atom. The van der Waals surface area contributed by atoms with Crippen molar-refractivity contribution in [2.75, 3.05) is 140 Å². The summed E-state index contributed by atoms with van der Waals surface area (Å²) in [5.41, 5.74) is 9.25. The van der Waals surface area contributed by atoms with Crippen molar-refractivity contribution in [3.8, 4) is 0 Å². The molecule has 6 fully saturated rings. The van der Waals surface area contributed by atoms with Crippen molar-refractivity contribution in [2.45, 2.75) is 140 Å². The monoisotopic (exact) mass is 1580 g/mol. The van der Waals surface area contributed by atoms with Crippen LogP contribution in [0.4, 0.5) is 34.9 Å². The number of carbonyl (C=O) groups excluding carboxylic acids is 9. The van der Waals surface area contributed by atoms with E-state index in [1.807, 2.05) is 60.9 Å². The number of carbonyl (C=O) groups is 9. The number of aryl methyl sites for hydroxylation is 2. The molecule has 2 aliphatic carbocycles. The fourth-order valence-corrected chi connectivity index (χ4v) is 17.4. The minimum absolute atomic E-state index is 0.0303. The lowest BCUT2D eigenvalue weighted by Crippen LogP contribution is -2.54. The topological polar surface area (TPSA) is 333 Å². The van der Waals surface area contributed by atoms with E-state index in [0.717, 1.165) is 198 Å². The van der Waals surface area contributed by atoms with Crippen LogP contribution in [0.5, 0.6) is 0 Å². The lowest BCUT2D eigenvalue weighted by atomic mass is 9.98. The summed E-state index contributed by atoms with van der Waals surface area (Å²) in [6, 6.07) is 21.7. The zero-order valence-corrected chi connectivity index (χ0v) is 66.5. The molecule has 6 aliphatic heterocycles. The van der Waals surface area contributed by atoms with Crippen LogP contribution in [0.3, 0.4) is 0 Å². The van der Waals surface area contributed by atoms with E-state index in [-0.39, 0.29) is 67.3 Å². The molecule has 6 aromatic heterocycles. The summed E-state index contributed by atoms with van der Waals surface area (Å²) >= 11 is 0. The van der Waals surface area contributed by atoms with Crippen LogP contribution >= 0.6 is 0 Å². The second-order valence-corrected chi connectivity index (χ2v) is 31.6. The van der Waals surface area contributed by atoms with Gasteiger partial charge in [-0.1, -0.05) is 69.0 Å². The van der Waals surface area contributed by atoms with Crippen LogP contribution in [0.15, 0.2) is 104 Å². The number of fused-ring (bicyclic) bond motifs is 4. The van der Waals surface area contributed by atoms with Gasteiger partial charge in [0.25, 0.3) is 29.5 Å². The molecule has 0 spiro atoms. The molecule has 2 atom stereocenters. The standard InChI is InChI=1S/C44H54N10O6.C41H48N10O5/c1-29-34-12-6-8-30(39(34)43(58)53(29)35-14-16-38(55)48-41(35)56)9-7-22-59-24-25-60-23-21-51-17-19-52(20-18-51)33-13-15-37(45-28-33)47-44-46-27-31-26-36(42(57)50(2)3)54(40(31)49-44)32-10-4-5-11-32;1-47(2)39(55)32-23-27-24-43-41(46-36(27)50(32)28-11-5-6-12-28)44-33-16-14-29(25-42-33)49-21-19-48(20-22-49)18-7-3-4-9-26-10-8-13-30-35(26)40(56)51(38(30)54)31-15-17-34(52)45-37(31)53/h6,8,12-13,15,26-28,32,35H,1,4-5,7,9-11,14,16-25H2,2-3H3,(H,48,55,56)(H,45,46,47,49);8,10,13-14,16,23-25,28,31H,3-7,9,11-12,15,17-22H2,1-2H3,(H,45,52,53)(H,42,43,44,46). The Balaban J connectivity index is 0.000000183. The zero-order chi connectivity index (χ0) is 80.7. The maximum Gasteiger partial charge on any atom is 0.270 e. The molecule has 4 saturated heterocycles. The maximum atomic E-state index is 13.5. The SMILES string of the molecule is C=C1c2cccc(CCCOCCOCCN3CCN(c4ccc(Nc5ncc6cc(C(=O)N(C)C)n(C7CCCC7)c6n5)nc4)CC3)c2C(=O)N1C1CCC(=O)NC1=O.CN(C)C(=O)c1cc2cnc(Nc3ccc(N4CCN(CCCCCc5cccc6c5C(=O)N(C5CCC(=O)NC5=O)C6=O)CC4)cn3)nc2n1C1CCCC1. The van der Waals surface area contributed by atoms with Gasteiger partial charge in [-0.15, -0.1) is 0 Å². The van der Waals surface area contributed by atoms with Gasteiger partial charge in [-0.3, -0.25) is 73.4 Å². The van der Waals surface area contributed by atoms with E-state index in [9.17, 15) is 43.2 Å². The third-order valence-electron chi connectivity index (χ3n) is 23.6. The highest BCUT2D eigenvalue weighted by molar-refractivity contribution is 6.24. The molecule has 8 aromatic rings. The predicted octanol–water partition coefficient (Wildman–Crippen LogP) is 8.73. The number of nitrogens with one attached hydrogen (secondary N) is 4. The molecule has 2 aromatic carbocycles. The molecule has 4 N–H and O–H groups in total. The molecular formula is C85H102N20O11. The van der Waals surface area contributed by atoms with E-state index in [1.54, 1.807) is 62.5 Å². The van der Waals surface area contributed by atoms with Crippen LogP contribution in [0.2, 0.25) is 0 Å². The average Bonchev–Trinajstić information content (AvgIpc) is 1.59. The largest absolute Gasteiger partial charge is 0.379 e. The summed E-state index contributed by atoms with van der Waals surface area (Å²) in [6.07, 6.45) is 21.7. The number of piperazine rings is 2. The number of anilines is 6. The molecule has 16 rings (SSSR count). The van der Waals surface area contributed by atoms with Crippen LogP contribution in [0, 0.1) is 0 Å². The van der Waals surface area contributed by atoms with Gasteiger partial charge in [-0.25, -0.2) is 19.9 Å². The van der Waals surface area contributed by atoms with E-state index in [2.05, 4.69) is 88.6 Å². The number of benzene rings is 2. The molecule has 9 amide bonds. The minimum atomic E-state index is -0.958. The molecule has 2 saturated carbocycles. The fourth-order valence-electron chi connectivity index (χ4n) is 17.4. The summed E-state index contributed by atoms with van der Waals surface area (Å²) < 4.78 is 15.9. The normalized spacial score (nSPS) is 19.0. The van der Waals surface area contributed by atoms with Crippen molar-refractivity contribution in [1.82, 2.24) is 79.1 Å². The Labute approximate surface area is 673 Å². The number of aromatic nitrogens is 8. The Morgan fingerprint density at radius 2 is 0.957 bits per heavy atom. The third kappa shape index (κ3) is 17.4. The highest BCUT2D eigenvalue weighted by Gasteiger charge is 2.46. The number of piperidine rings is 2. The molecule has 116 heavy (non-hydrogen) atoms. The Kier molecular flexibility index (Phi) is 24.6. The van der Waals surface area contributed by atoms with Crippen molar-refractivity contribution in [2.24, 2.45) is 0 Å². The molecule has 8 aliphatic rings. The minimum Gasteiger partial charge on any atom is -0.379 e. The van der Waals surface area contributed by atoms with Gasteiger partial charge >= 0.3 is 0 Å². The Hall–Kier alpha value is -11.4. The first-order valence-electron chi connectivity index (χ1n) is 40.9. The van der Waals surface area contributed by atoms with Crippen LogP contribution in [-0.4, -0.2) is 254 Å². The van der Waals surface area contributed by atoms with E-state index in [0.29, 0.717) is 96.6 Å². The molecule has 12 heterocycles. The Bertz CT molecular complexity index is 5030. The smallest absolute Gasteiger partial charge is 0.270 e. The number of nitrogens with zero attached hydrogens (tertiary/aromatic N) is 16. The first kappa shape index (κ1) is 79.8. The van der Waals surface area contributed by atoms with Crippen molar-refractivity contribution in [1.29, 1.82) is 0 Å². The predicted molar refractivity (Wildman–Crippen MR) is 437 cm³/mol. The van der Waals surface area contributed by atoms with Gasteiger partial charge in [-0.05, 0) is 131 Å². The van der Waals surface area contributed by atoms with Gasteiger partial charge in [0.2, 0.25) is 35.5 Å². The molecule has 31 nitrogen and oxygen atoms in total.